The van der Waals surface area contributed by atoms with Crippen molar-refractivity contribution in [2.75, 3.05) is 7.11 Å². The van der Waals surface area contributed by atoms with Crippen LogP contribution in [0.1, 0.15) is 24.4 Å². The molecule has 0 N–H and O–H groups in total. The molecular formula is C12H13BrN4OS. The minimum Gasteiger partial charge on any atom is -0.496 e. The van der Waals surface area contributed by atoms with Gasteiger partial charge in [-0.15, -0.1) is 5.10 Å². The van der Waals surface area contributed by atoms with Crippen molar-refractivity contribution in [2.24, 2.45) is 0 Å². The second-order valence-electron chi connectivity index (χ2n) is 4.39. The molecule has 100 valence electrons. The minimum atomic E-state index is 0.514. The fraction of sp³-hybridized carbons (Fsp3) is 0.417. The van der Waals surface area contributed by atoms with Crippen LogP contribution in [0, 0.1) is 0 Å². The van der Waals surface area contributed by atoms with Gasteiger partial charge in [-0.25, -0.2) is 4.68 Å². The van der Waals surface area contributed by atoms with Crippen molar-refractivity contribution < 1.29 is 4.74 Å². The highest BCUT2D eigenvalue weighted by atomic mass is 79.9. The summed E-state index contributed by atoms with van der Waals surface area (Å²) >= 11 is 5.16. The van der Waals surface area contributed by atoms with Crippen LogP contribution in [-0.2, 0) is 5.75 Å². The van der Waals surface area contributed by atoms with Crippen molar-refractivity contribution >= 4 is 27.7 Å². The van der Waals surface area contributed by atoms with Crippen molar-refractivity contribution in [3.8, 4) is 5.75 Å². The van der Waals surface area contributed by atoms with Crippen LogP contribution in [0.3, 0.4) is 0 Å². The number of ether oxygens (including phenoxy) is 1. The standard InChI is InChI=1S/C12H13BrN4OS/c1-18-11-5-2-8(6-10(11)13)7-19-12-14-15-16-17(12)9-3-4-9/h2,5-6,9H,3-4,7H2,1H3. The molecule has 0 bridgehead atoms. The first-order chi connectivity index (χ1) is 9.28. The molecule has 1 aliphatic carbocycles. The second kappa shape index (κ2) is 5.50. The van der Waals surface area contributed by atoms with Crippen molar-refractivity contribution in [3.05, 3.63) is 28.2 Å². The van der Waals surface area contributed by atoms with Crippen molar-refractivity contribution in [1.29, 1.82) is 0 Å². The number of thioether (sulfide) groups is 1. The number of benzene rings is 1. The zero-order chi connectivity index (χ0) is 13.2. The van der Waals surface area contributed by atoms with Gasteiger partial charge in [-0.2, -0.15) is 0 Å². The van der Waals surface area contributed by atoms with Gasteiger partial charge in [-0.3, -0.25) is 0 Å². The predicted molar refractivity (Wildman–Crippen MR) is 76.3 cm³/mol. The highest BCUT2D eigenvalue weighted by molar-refractivity contribution is 9.10. The average molecular weight is 341 g/mol. The van der Waals surface area contributed by atoms with Crippen LogP contribution < -0.4 is 4.74 Å². The van der Waals surface area contributed by atoms with Crippen LogP contribution >= 0.6 is 27.7 Å². The molecule has 0 saturated heterocycles. The van der Waals surface area contributed by atoms with E-state index in [9.17, 15) is 0 Å². The fourth-order valence-electron chi connectivity index (χ4n) is 1.78. The molecule has 0 aliphatic heterocycles. The molecule has 0 atom stereocenters. The van der Waals surface area contributed by atoms with Gasteiger partial charge in [0.15, 0.2) is 0 Å². The molecule has 1 aromatic heterocycles. The lowest BCUT2D eigenvalue weighted by Crippen LogP contribution is -1.98. The zero-order valence-electron chi connectivity index (χ0n) is 10.4. The summed E-state index contributed by atoms with van der Waals surface area (Å²) in [6.45, 7) is 0. The van der Waals surface area contributed by atoms with Crippen molar-refractivity contribution in [3.63, 3.8) is 0 Å². The summed E-state index contributed by atoms with van der Waals surface area (Å²) in [5, 5.41) is 12.8. The third-order valence-corrected chi connectivity index (χ3v) is 4.56. The summed E-state index contributed by atoms with van der Waals surface area (Å²) in [5.74, 6) is 1.69. The van der Waals surface area contributed by atoms with Gasteiger partial charge < -0.3 is 4.74 Å². The van der Waals surface area contributed by atoms with E-state index in [-0.39, 0.29) is 0 Å². The molecule has 1 aliphatic rings. The summed E-state index contributed by atoms with van der Waals surface area (Å²) in [6.07, 6.45) is 2.37. The molecule has 1 aromatic carbocycles. The molecule has 0 spiro atoms. The summed E-state index contributed by atoms with van der Waals surface area (Å²) in [6, 6.07) is 6.60. The maximum Gasteiger partial charge on any atom is 0.209 e. The molecule has 1 saturated carbocycles. The lowest BCUT2D eigenvalue weighted by atomic mass is 10.2. The van der Waals surface area contributed by atoms with Gasteiger partial charge in [0.05, 0.1) is 17.6 Å². The van der Waals surface area contributed by atoms with E-state index in [2.05, 4.69) is 43.6 Å². The normalized spacial score (nSPS) is 14.6. The highest BCUT2D eigenvalue weighted by Crippen LogP contribution is 2.37. The number of hydrogen-bond acceptors (Lipinski definition) is 5. The van der Waals surface area contributed by atoms with Gasteiger partial charge in [0.25, 0.3) is 0 Å². The van der Waals surface area contributed by atoms with Gasteiger partial charge in [0.1, 0.15) is 5.75 Å². The Kier molecular flexibility index (Phi) is 3.74. The Hall–Kier alpha value is -1.08. The van der Waals surface area contributed by atoms with E-state index in [4.69, 9.17) is 4.74 Å². The van der Waals surface area contributed by atoms with E-state index in [1.165, 1.54) is 18.4 Å². The first kappa shape index (κ1) is 12.9. The molecule has 19 heavy (non-hydrogen) atoms. The van der Waals surface area contributed by atoms with Crippen molar-refractivity contribution in [1.82, 2.24) is 20.2 Å². The number of tetrazole rings is 1. The quantitative estimate of drug-likeness (QED) is 0.783. The topological polar surface area (TPSA) is 52.8 Å². The van der Waals surface area contributed by atoms with Crippen molar-refractivity contribution in [2.45, 2.75) is 29.8 Å². The second-order valence-corrected chi connectivity index (χ2v) is 6.19. The Bertz CT molecular complexity index is 585. The van der Waals surface area contributed by atoms with E-state index < -0.39 is 0 Å². The van der Waals surface area contributed by atoms with Gasteiger partial charge in [0.2, 0.25) is 5.16 Å². The molecule has 0 amide bonds. The third kappa shape index (κ3) is 2.92. The molecule has 0 radical (unpaired) electrons. The lowest BCUT2D eigenvalue weighted by molar-refractivity contribution is 0.412. The van der Waals surface area contributed by atoms with E-state index in [1.54, 1.807) is 18.9 Å². The molecule has 2 aromatic rings. The third-order valence-electron chi connectivity index (χ3n) is 2.94. The van der Waals surface area contributed by atoms with Crippen LogP contribution in [-0.4, -0.2) is 27.3 Å². The largest absolute Gasteiger partial charge is 0.496 e. The predicted octanol–water partition coefficient (Wildman–Crippen LogP) is 3.07. The molecular weight excluding hydrogens is 328 g/mol. The number of nitrogens with zero attached hydrogens (tertiary/aromatic N) is 4. The van der Waals surface area contributed by atoms with Gasteiger partial charge in [-0.05, 0) is 56.9 Å². The number of halogens is 1. The summed E-state index contributed by atoms with van der Waals surface area (Å²) < 4.78 is 8.12. The van der Waals surface area contributed by atoms with Gasteiger partial charge >= 0.3 is 0 Å². The van der Waals surface area contributed by atoms with Crippen LogP contribution in [0.4, 0.5) is 0 Å². The molecule has 7 heteroatoms. The summed E-state index contributed by atoms with van der Waals surface area (Å²) in [7, 11) is 1.66. The van der Waals surface area contributed by atoms with Gasteiger partial charge in [-0.1, -0.05) is 17.8 Å². The van der Waals surface area contributed by atoms with E-state index in [0.29, 0.717) is 6.04 Å². The molecule has 1 fully saturated rings. The van der Waals surface area contributed by atoms with Gasteiger partial charge in [0, 0.05) is 5.75 Å². The summed E-state index contributed by atoms with van der Waals surface area (Å²) in [5.41, 5.74) is 1.21. The molecule has 0 unspecified atom stereocenters. The zero-order valence-corrected chi connectivity index (χ0v) is 12.8. The van der Waals surface area contributed by atoms with E-state index in [0.717, 1.165) is 21.1 Å². The Morgan fingerprint density at radius 1 is 1.47 bits per heavy atom. The average Bonchev–Trinajstić information content (AvgIpc) is 3.15. The highest BCUT2D eigenvalue weighted by Gasteiger charge is 2.27. The molecule has 1 heterocycles. The minimum absolute atomic E-state index is 0.514. The smallest absolute Gasteiger partial charge is 0.209 e. The van der Waals surface area contributed by atoms with E-state index in [1.807, 2.05) is 10.7 Å². The lowest BCUT2D eigenvalue weighted by Gasteiger charge is -2.06. The Labute approximate surface area is 123 Å². The Morgan fingerprint density at radius 3 is 3.00 bits per heavy atom. The molecule has 3 rings (SSSR count). The number of hydrogen-bond donors (Lipinski definition) is 0. The molecule has 5 nitrogen and oxygen atoms in total. The van der Waals surface area contributed by atoms with Crippen LogP contribution in [0.15, 0.2) is 27.8 Å². The number of aromatic nitrogens is 4. The van der Waals surface area contributed by atoms with Crippen LogP contribution in [0.5, 0.6) is 5.75 Å². The maximum absolute atomic E-state index is 5.22. The number of methoxy groups -OCH3 is 1. The number of rotatable bonds is 5. The van der Waals surface area contributed by atoms with Crippen LogP contribution in [0.2, 0.25) is 0 Å². The fourth-order valence-corrected chi connectivity index (χ4v) is 3.25. The summed E-state index contributed by atoms with van der Waals surface area (Å²) in [4.78, 5) is 0. The SMILES string of the molecule is COc1ccc(CSc2nnnn2C2CC2)cc1Br. The van der Waals surface area contributed by atoms with E-state index >= 15 is 0 Å². The Balaban J connectivity index is 1.68. The maximum atomic E-state index is 5.22. The van der Waals surface area contributed by atoms with Crippen LogP contribution in [0.25, 0.3) is 0 Å². The first-order valence-electron chi connectivity index (χ1n) is 6.01. The monoisotopic (exact) mass is 340 g/mol. The Morgan fingerprint density at radius 2 is 2.32 bits per heavy atom. The first-order valence-corrected chi connectivity index (χ1v) is 7.79.